The molecule has 3 fully saturated rings. The summed E-state index contributed by atoms with van der Waals surface area (Å²) < 4.78 is 22.7. The topological polar surface area (TPSA) is 36.9 Å². The van der Waals surface area contributed by atoms with Gasteiger partial charge in [0.05, 0.1) is 12.7 Å². The molecular formula is C11H18O4. The van der Waals surface area contributed by atoms with Crippen molar-refractivity contribution in [2.75, 3.05) is 19.8 Å². The maximum Gasteiger partial charge on any atom is 0.158 e. The van der Waals surface area contributed by atoms with E-state index in [0.29, 0.717) is 6.61 Å². The first-order chi connectivity index (χ1) is 7.43. The molecular weight excluding hydrogens is 196 g/mol. The van der Waals surface area contributed by atoms with Crippen LogP contribution in [0.15, 0.2) is 0 Å². The third kappa shape index (κ3) is 2.04. The van der Waals surface area contributed by atoms with Gasteiger partial charge in [-0.3, -0.25) is 0 Å². The lowest BCUT2D eigenvalue weighted by Crippen LogP contribution is -2.35. The van der Waals surface area contributed by atoms with Crippen molar-refractivity contribution in [3.05, 3.63) is 0 Å². The quantitative estimate of drug-likeness (QED) is 0.689. The minimum Gasteiger partial charge on any atom is -0.373 e. The number of hydrogen-bond donors (Lipinski definition) is 0. The molecule has 1 unspecified atom stereocenters. The molecule has 3 aliphatic rings. The second kappa shape index (κ2) is 4.37. The summed E-state index contributed by atoms with van der Waals surface area (Å²) in [4.78, 5) is 0. The molecule has 0 radical (unpaired) electrons. The Bertz CT molecular complexity index is 215. The van der Waals surface area contributed by atoms with E-state index in [0.717, 1.165) is 32.5 Å². The number of ether oxygens (including phenoxy) is 4. The van der Waals surface area contributed by atoms with Gasteiger partial charge >= 0.3 is 0 Å². The highest BCUT2D eigenvalue weighted by Gasteiger charge is 2.43. The first kappa shape index (κ1) is 10.0. The fraction of sp³-hybridized carbons (Fsp3) is 1.00. The highest BCUT2D eigenvalue weighted by Crippen LogP contribution is 2.30. The van der Waals surface area contributed by atoms with E-state index in [1.807, 2.05) is 0 Å². The molecule has 4 heteroatoms. The lowest BCUT2D eigenvalue weighted by molar-refractivity contribution is -0.201. The van der Waals surface area contributed by atoms with E-state index >= 15 is 0 Å². The zero-order chi connectivity index (χ0) is 10.1. The van der Waals surface area contributed by atoms with E-state index < -0.39 is 0 Å². The van der Waals surface area contributed by atoms with Gasteiger partial charge in [0.2, 0.25) is 0 Å². The Hall–Kier alpha value is -0.160. The van der Waals surface area contributed by atoms with E-state index in [1.165, 1.54) is 6.42 Å². The fourth-order valence-electron chi connectivity index (χ4n) is 2.56. The van der Waals surface area contributed by atoms with Crippen molar-refractivity contribution in [1.82, 2.24) is 0 Å². The van der Waals surface area contributed by atoms with Crippen molar-refractivity contribution in [3.8, 4) is 0 Å². The van der Waals surface area contributed by atoms with Crippen LogP contribution in [-0.2, 0) is 18.9 Å². The standard InChI is InChI=1S/C11H18O4/c1-2-5-12-10(3-1)15-9-7-14-8-4-6-13-11(8)9/h8-11H,1-7H2/t8-,9-,10?,11+/m1/s1. The molecule has 3 rings (SSSR count). The molecule has 0 bridgehead atoms. The molecule has 0 aromatic rings. The molecule has 0 amide bonds. The van der Waals surface area contributed by atoms with Crippen molar-refractivity contribution in [2.45, 2.75) is 50.3 Å². The van der Waals surface area contributed by atoms with Gasteiger partial charge in [-0.05, 0) is 25.7 Å². The number of hydrogen-bond acceptors (Lipinski definition) is 4. The molecule has 0 N–H and O–H groups in total. The van der Waals surface area contributed by atoms with Crippen molar-refractivity contribution < 1.29 is 18.9 Å². The molecule has 0 saturated carbocycles. The first-order valence-corrected chi connectivity index (χ1v) is 5.94. The van der Waals surface area contributed by atoms with E-state index in [4.69, 9.17) is 18.9 Å². The maximum atomic E-state index is 5.89. The van der Waals surface area contributed by atoms with Crippen LogP contribution in [0.4, 0.5) is 0 Å². The summed E-state index contributed by atoms with van der Waals surface area (Å²) in [5.74, 6) is 0. The van der Waals surface area contributed by atoms with Crippen LogP contribution in [0.2, 0.25) is 0 Å². The summed E-state index contributed by atoms with van der Waals surface area (Å²) in [7, 11) is 0. The lowest BCUT2D eigenvalue weighted by Gasteiger charge is -2.27. The molecule has 0 aromatic heterocycles. The third-order valence-electron chi connectivity index (χ3n) is 3.38. The smallest absolute Gasteiger partial charge is 0.158 e. The molecule has 3 aliphatic heterocycles. The van der Waals surface area contributed by atoms with Crippen LogP contribution in [0.25, 0.3) is 0 Å². The fourth-order valence-corrected chi connectivity index (χ4v) is 2.56. The van der Waals surface area contributed by atoms with Crippen LogP contribution in [0.3, 0.4) is 0 Å². The molecule has 4 nitrogen and oxygen atoms in total. The Morgan fingerprint density at radius 3 is 2.80 bits per heavy atom. The summed E-state index contributed by atoms with van der Waals surface area (Å²) in [6.45, 7) is 2.29. The predicted molar refractivity (Wildman–Crippen MR) is 52.6 cm³/mol. The summed E-state index contributed by atoms with van der Waals surface area (Å²) in [5.41, 5.74) is 0. The highest BCUT2D eigenvalue weighted by atomic mass is 16.7. The van der Waals surface area contributed by atoms with Crippen molar-refractivity contribution in [3.63, 3.8) is 0 Å². The van der Waals surface area contributed by atoms with Gasteiger partial charge in [0, 0.05) is 13.2 Å². The normalized spacial score (nSPS) is 45.6. The van der Waals surface area contributed by atoms with Crippen LogP contribution in [0.5, 0.6) is 0 Å². The lowest BCUT2D eigenvalue weighted by atomic mass is 10.1. The average Bonchev–Trinajstić information content (AvgIpc) is 2.85. The van der Waals surface area contributed by atoms with Crippen LogP contribution < -0.4 is 0 Å². The summed E-state index contributed by atoms with van der Waals surface area (Å²) >= 11 is 0. The minimum atomic E-state index is -0.0321. The van der Waals surface area contributed by atoms with Crippen LogP contribution in [0.1, 0.15) is 25.7 Å². The monoisotopic (exact) mass is 214 g/mol. The average molecular weight is 214 g/mol. The second-order valence-corrected chi connectivity index (χ2v) is 4.47. The molecule has 86 valence electrons. The Morgan fingerprint density at radius 1 is 0.933 bits per heavy atom. The van der Waals surface area contributed by atoms with E-state index in [-0.39, 0.29) is 24.6 Å². The van der Waals surface area contributed by atoms with E-state index in [1.54, 1.807) is 0 Å². The molecule has 4 atom stereocenters. The van der Waals surface area contributed by atoms with Crippen molar-refractivity contribution in [2.24, 2.45) is 0 Å². The first-order valence-electron chi connectivity index (χ1n) is 5.94. The van der Waals surface area contributed by atoms with Crippen LogP contribution >= 0.6 is 0 Å². The van der Waals surface area contributed by atoms with E-state index in [9.17, 15) is 0 Å². The molecule has 0 spiro atoms. The van der Waals surface area contributed by atoms with Crippen molar-refractivity contribution >= 4 is 0 Å². The Kier molecular flexibility index (Phi) is 2.92. The van der Waals surface area contributed by atoms with Gasteiger partial charge in [0.1, 0.15) is 12.2 Å². The Balaban J connectivity index is 1.54. The zero-order valence-corrected chi connectivity index (χ0v) is 8.89. The van der Waals surface area contributed by atoms with Gasteiger partial charge in [0.15, 0.2) is 6.29 Å². The molecule has 0 aromatic carbocycles. The van der Waals surface area contributed by atoms with Gasteiger partial charge < -0.3 is 18.9 Å². The van der Waals surface area contributed by atoms with Gasteiger partial charge in [-0.1, -0.05) is 0 Å². The predicted octanol–water partition coefficient (Wildman–Crippen LogP) is 1.09. The van der Waals surface area contributed by atoms with Gasteiger partial charge in [0.25, 0.3) is 0 Å². The summed E-state index contributed by atoms with van der Waals surface area (Å²) in [6, 6.07) is 0. The zero-order valence-electron chi connectivity index (χ0n) is 8.89. The van der Waals surface area contributed by atoms with Crippen molar-refractivity contribution in [1.29, 1.82) is 0 Å². The van der Waals surface area contributed by atoms with Crippen LogP contribution in [0, 0.1) is 0 Å². The number of fused-ring (bicyclic) bond motifs is 1. The molecule has 3 saturated heterocycles. The minimum absolute atomic E-state index is 0.0321. The Morgan fingerprint density at radius 2 is 1.93 bits per heavy atom. The maximum absolute atomic E-state index is 5.89. The number of rotatable bonds is 2. The summed E-state index contributed by atoms with van der Waals surface area (Å²) in [6.07, 6.45) is 4.84. The second-order valence-electron chi connectivity index (χ2n) is 4.47. The summed E-state index contributed by atoms with van der Waals surface area (Å²) in [5, 5.41) is 0. The van der Waals surface area contributed by atoms with Crippen LogP contribution in [-0.4, -0.2) is 44.4 Å². The Labute approximate surface area is 89.8 Å². The van der Waals surface area contributed by atoms with Gasteiger partial charge in [-0.15, -0.1) is 0 Å². The largest absolute Gasteiger partial charge is 0.373 e. The SMILES string of the molecule is C1CCC(O[C@@H]2CO[C@@H]3CCO[C@@H]32)OC1. The molecule has 0 aliphatic carbocycles. The van der Waals surface area contributed by atoms with Gasteiger partial charge in [-0.25, -0.2) is 0 Å². The van der Waals surface area contributed by atoms with Gasteiger partial charge in [-0.2, -0.15) is 0 Å². The molecule has 3 heterocycles. The highest BCUT2D eigenvalue weighted by molar-refractivity contribution is 4.90. The molecule has 15 heavy (non-hydrogen) atoms. The van der Waals surface area contributed by atoms with E-state index in [2.05, 4.69) is 0 Å². The third-order valence-corrected chi connectivity index (χ3v) is 3.38.